The van der Waals surface area contributed by atoms with Crippen molar-refractivity contribution in [2.45, 2.75) is 0 Å². The van der Waals surface area contributed by atoms with Crippen LogP contribution in [0.3, 0.4) is 0 Å². The highest BCUT2D eigenvalue weighted by Gasteiger charge is 1.66. The van der Waals surface area contributed by atoms with E-state index in [1.165, 1.54) is 0 Å². The number of carbonyl (C=O) groups is 1. The minimum Gasteiger partial charge on any atom is -0.560 e. The van der Waals surface area contributed by atoms with E-state index in [0.29, 0.717) is 6.29 Å². The summed E-state index contributed by atoms with van der Waals surface area (Å²) in [6, 6.07) is 0. The van der Waals surface area contributed by atoms with E-state index in [2.05, 4.69) is 17.7 Å². The van der Waals surface area contributed by atoms with Gasteiger partial charge in [0.1, 0.15) is 6.29 Å². The molecule has 2 radical (unpaired) electrons. The Balaban J connectivity index is 2.92. The fraction of sp³-hybridized carbons (Fsp3) is 0.333. The average Bonchev–Trinajstić information content (AvgIpc) is 1.69. The summed E-state index contributed by atoms with van der Waals surface area (Å²) < 4.78 is 3.89. The van der Waals surface area contributed by atoms with E-state index in [1.54, 1.807) is 0 Å². The van der Waals surface area contributed by atoms with Crippen molar-refractivity contribution < 1.29 is 9.45 Å². The van der Waals surface area contributed by atoms with Crippen LogP contribution >= 0.6 is 0 Å². The first kappa shape index (κ1) is 6.20. The fourth-order valence-corrected chi connectivity index (χ4v) is 0.129. The van der Waals surface area contributed by atoms with E-state index >= 15 is 0 Å². The van der Waals surface area contributed by atoms with Gasteiger partial charge in [-0.2, -0.15) is 0 Å². The Labute approximate surface area is 42.8 Å². The van der Waals surface area contributed by atoms with E-state index in [9.17, 15) is 4.79 Å². The van der Waals surface area contributed by atoms with Crippen LogP contribution in [-0.4, -0.2) is 27.3 Å². The number of carbonyl (C=O) groups excluding carboxylic acids is 1. The Hall–Kier alpha value is -0.795. The molecule has 0 unspecified atom stereocenters. The second-order valence-electron chi connectivity index (χ2n) is 0.773. The molecule has 36 valence electrons. The van der Waals surface area contributed by atoms with Crippen LogP contribution in [0.25, 0.3) is 0 Å². The molecule has 0 aliphatic rings. The first-order chi connectivity index (χ1) is 3.41. The Morgan fingerprint density at radius 3 is 3.00 bits per heavy atom. The summed E-state index contributed by atoms with van der Waals surface area (Å²) in [6.07, 6.45) is 1.66. The van der Waals surface area contributed by atoms with Gasteiger partial charge in [0.15, 0.2) is 6.40 Å². The molecule has 0 bridgehead atoms. The predicted octanol–water partition coefficient (Wildman–Crippen LogP) is -0.686. The highest BCUT2D eigenvalue weighted by atomic mass is 16.4. The monoisotopic (exact) mass is 97.0 g/mol. The van der Waals surface area contributed by atoms with Gasteiger partial charge in [-0.1, -0.05) is 0 Å². The molecule has 0 aromatic carbocycles. The van der Waals surface area contributed by atoms with E-state index in [-0.39, 0.29) is 6.54 Å². The summed E-state index contributed by atoms with van der Waals surface area (Å²) in [7, 11) is 4.50. The van der Waals surface area contributed by atoms with Crippen molar-refractivity contribution >= 4 is 20.7 Å². The Morgan fingerprint density at radius 1 is 1.86 bits per heavy atom. The lowest BCUT2D eigenvalue weighted by atomic mass is 10.6. The summed E-state index contributed by atoms with van der Waals surface area (Å²) in [6.45, 7) is 0.108. The summed E-state index contributed by atoms with van der Waals surface area (Å²) in [5, 5.41) is 0. The molecule has 0 saturated carbocycles. The maximum Gasteiger partial charge on any atom is 0.375 e. The third-order valence-corrected chi connectivity index (χ3v) is 0.315. The molecule has 0 spiro atoms. The molecule has 0 rings (SSSR count). The predicted molar refractivity (Wildman–Crippen MR) is 26.3 cm³/mol. The molecule has 0 heterocycles. The highest BCUT2D eigenvalue weighted by molar-refractivity contribution is 6.02. The molecular formula is C3H4BNO2. The van der Waals surface area contributed by atoms with Gasteiger partial charge in [-0.05, 0) is 0 Å². The minimum atomic E-state index is 0.108. The van der Waals surface area contributed by atoms with Crippen molar-refractivity contribution in [1.29, 1.82) is 0 Å². The van der Waals surface area contributed by atoms with Crippen LogP contribution in [0.1, 0.15) is 0 Å². The van der Waals surface area contributed by atoms with E-state index < -0.39 is 0 Å². The molecule has 0 aromatic rings. The molecule has 0 amide bonds. The smallest absolute Gasteiger partial charge is 0.375 e. The van der Waals surface area contributed by atoms with E-state index in [4.69, 9.17) is 0 Å². The normalized spacial score (nSPS) is 9.14. The number of rotatable bonds is 3. The maximum atomic E-state index is 9.47. The molecule has 7 heavy (non-hydrogen) atoms. The van der Waals surface area contributed by atoms with Crippen LogP contribution in [0.2, 0.25) is 0 Å². The first-order valence-corrected chi connectivity index (χ1v) is 1.69. The third-order valence-electron chi connectivity index (χ3n) is 0.315. The van der Waals surface area contributed by atoms with Gasteiger partial charge in [0.2, 0.25) is 0 Å². The number of aliphatic imine (C=N–C) groups is 1. The van der Waals surface area contributed by atoms with Gasteiger partial charge in [0.05, 0.1) is 6.54 Å². The van der Waals surface area contributed by atoms with Crippen molar-refractivity contribution in [3.8, 4) is 0 Å². The largest absolute Gasteiger partial charge is 0.560 e. The van der Waals surface area contributed by atoms with Crippen LogP contribution in [0, 0.1) is 0 Å². The van der Waals surface area contributed by atoms with Crippen molar-refractivity contribution in [2.75, 3.05) is 6.54 Å². The Bertz CT molecular complexity index is 73.3. The van der Waals surface area contributed by atoms with Gasteiger partial charge in [-0.15, -0.1) is 0 Å². The second-order valence-corrected chi connectivity index (χ2v) is 0.773. The van der Waals surface area contributed by atoms with Crippen LogP contribution in [0.5, 0.6) is 0 Å². The van der Waals surface area contributed by atoms with Gasteiger partial charge in [0, 0.05) is 0 Å². The number of nitrogens with zero attached hydrogens (tertiary/aromatic N) is 1. The number of hydrogen-bond donors (Lipinski definition) is 0. The molecule has 0 atom stereocenters. The summed E-state index contributed by atoms with van der Waals surface area (Å²) in [4.78, 5) is 12.8. The Kier molecular flexibility index (Phi) is 4.61. The number of aldehydes is 1. The lowest BCUT2D eigenvalue weighted by molar-refractivity contribution is -0.106. The van der Waals surface area contributed by atoms with Crippen molar-refractivity contribution in [1.82, 2.24) is 0 Å². The molecule has 0 fully saturated rings. The number of hydrogen-bond acceptors (Lipinski definition) is 3. The molecule has 4 heteroatoms. The summed E-state index contributed by atoms with van der Waals surface area (Å²) >= 11 is 0. The highest BCUT2D eigenvalue weighted by Crippen LogP contribution is 1.58. The van der Waals surface area contributed by atoms with Crippen LogP contribution < -0.4 is 0 Å². The van der Waals surface area contributed by atoms with E-state index in [0.717, 1.165) is 6.40 Å². The molecular weight excluding hydrogens is 92.8 g/mol. The molecule has 0 aromatic heterocycles. The van der Waals surface area contributed by atoms with Gasteiger partial charge >= 0.3 is 8.05 Å². The average molecular weight is 96.9 g/mol. The van der Waals surface area contributed by atoms with Crippen LogP contribution in [-0.2, 0) is 9.45 Å². The summed E-state index contributed by atoms with van der Waals surface area (Å²) in [5.74, 6) is 0. The third kappa shape index (κ3) is 5.20. The van der Waals surface area contributed by atoms with Crippen LogP contribution in [0.15, 0.2) is 4.99 Å². The molecule has 0 N–H and O–H groups in total. The molecule has 0 aliphatic carbocycles. The first-order valence-electron chi connectivity index (χ1n) is 1.69. The van der Waals surface area contributed by atoms with Gasteiger partial charge in [-0.25, -0.2) is 0 Å². The van der Waals surface area contributed by atoms with Gasteiger partial charge < -0.3 is 9.45 Å². The Morgan fingerprint density at radius 2 is 2.57 bits per heavy atom. The van der Waals surface area contributed by atoms with Crippen LogP contribution in [0.4, 0.5) is 0 Å². The van der Waals surface area contributed by atoms with Crippen molar-refractivity contribution in [2.24, 2.45) is 4.99 Å². The van der Waals surface area contributed by atoms with Gasteiger partial charge in [-0.3, -0.25) is 4.99 Å². The standard InChI is InChI=1S/C3H4BNO2/c4-7-3-5-1-2-6/h2-3H,1H2. The zero-order chi connectivity index (χ0) is 5.54. The SMILES string of the molecule is [B]OC=NCC=O. The quantitative estimate of drug-likeness (QED) is 0.202. The van der Waals surface area contributed by atoms with Crippen molar-refractivity contribution in [3.05, 3.63) is 0 Å². The summed E-state index contributed by atoms with van der Waals surface area (Å²) in [5.41, 5.74) is 0. The minimum absolute atomic E-state index is 0.108. The van der Waals surface area contributed by atoms with Gasteiger partial charge in [0.25, 0.3) is 0 Å². The lowest BCUT2D eigenvalue weighted by Gasteiger charge is -1.80. The zero-order valence-corrected chi connectivity index (χ0v) is 3.70. The lowest BCUT2D eigenvalue weighted by Crippen LogP contribution is -1.83. The molecule has 3 nitrogen and oxygen atoms in total. The molecule has 0 aliphatic heterocycles. The fourth-order valence-electron chi connectivity index (χ4n) is 0.129. The molecule has 0 saturated heterocycles. The van der Waals surface area contributed by atoms with Crippen molar-refractivity contribution in [3.63, 3.8) is 0 Å². The second kappa shape index (κ2) is 5.20. The topological polar surface area (TPSA) is 38.7 Å². The zero-order valence-electron chi connectivity index (χ0n) is 3.70. The maximum absolute atomic E-state index is 9.47. The van der Waals surface area contributed by atoms with E-state index in [1.807, 2.05) is 0 Å².